The number of furan rings is 1. The number of carbonyl (C=O) groups is 1. The molecule has 1 amide bonds. The number of halogens is 2. The lowest BCUT2D eigenvalue weighted by atomic mass is 10.2. The van der Waals surface area contributed by atoms with Gasteiger partial charge in [0.15, 0.2) is 5.76 Å². The molecule has 1 N–H and O–H groups in total. The van der Waals surface area contributed by atoms with Crippen LogP contribution in [0.4, 0.5) is 0 Å². The largest absolute Gasteiger partial charge is 0.462 e. The first-order valence-corrected chi connectivity index (χ1v) is 12.6. The predicted molar refractivity (Wildman–Crippen MR) is 141 cm³/mol. The van der Waals surface area contributed by atoms with Crippen LogP contribution in [0.3, 0.4) is 0 Å². The van der Waals surface area contributed by atoms with Gasteiger partial charge in [0.2, 0.25) is 5.91 Å². The van der Waals surface area contributed by atoms with Crippen molar-refractivity contribution in [2.75, 3.05) is 32.7 Å². The SMILES string of the molecule is O=C(CN1CCN(Cc2ccc(Cl)c(Cl)c2)CC1)NCc1coc(-c2ccn(-c3ccccc3)n2)c1. The number of para-hydroxylation sites is 1. The molecule has 5 rings (SSSR count). The molecule has 1 fully saturated rings. The Morgan fingerprint density at radius 1 is 0.917 bits per heavy atom. The number of amides is 1. The maximum absolute atomic E-state index is 12.5. The van der Waals surface area contributed by atoms with Crippen LogP contribution >= 0.6 is 23.2 Å². The summed E-state index contributed by atoms with van der Waals surface area (Å²) >= 11 is 12.1. The van der Waals surface area contributed by atoms with Gasteiger partial charge in [0, 0.05) is 51.0 Å². The molecule has 1 saturated heterocycles. The zero-order valence-corrected chi connectivity index (χ0v) is 21.3. The molecule has 0 bridgehead atoms. The Morgan fingerprint density at radius 3 is 2.47 bits per heavy atom. The number of piperazine rings is 1. The van der Waals surface area contributed by atoms with E-state index in [1.165, 1.54) is 0 Å². The summed E-state index contributed by atoms with van der Waals surface area (Å²) in [7, 11) is 0. The highest BCUT2D eigenvalue weighted by molar-refractivity contribution is 6.42. The van der Waals surface area contributed by atoms with Gasteiger partial charge in [-0.15, -0.1) is 0 Å². The lowest BCUT2D eigenvalue weighted by Gasteiger charge is -2.34. The summed E-state index contributed by atoms with van der Waals surface area (Å²) in [5.41, 5.74) is 3.77. The number of nitrogens with one attached hydrogen (secondary N) is 1. The zero-order valence-electron chi connectivity index (χ0n) is 19.7. The van der Waals surface area contributed by atoms with Gasteiger partial charge in [-0.2, -0.15) is 5.10 Å². The molecule has 0 atom stereocenters. The third kappa shape index (κ3) is 6.17. The average molecular weight is 524 g/mol. The summed E-state index contributed by atoms with van der Waals surface area (Å²) in [6.45, 7) is 5.10. The monoisotopic (exact) mass is 523 g/mol. The highest BCUT2D eigenvalue weighted by Crippen LogP contribution is 2.24. The van der Waals surface area contributed by atoms with Gasteiger partial charge in [0.25, 0.3) is 0 Å². The summed E-state index contributed by atoms with van der Waals surface area (Å²) in [4.78, 5) is 17.1. The first kappa shape index (κ1) is 24.6. The van der Waals surface area contributed by atoms with Crippen molar-refractivity contribution in [3.05, 3.63) is 94.3 Å². The van der Waals surface area contributed by atoms with Gasteiger partial charge in [-0.3, -0.25) is 14.6 Å². The number of benzene rings is 2. The summed E-state index contributed by atoms with van der Waals surface area (Å²) in [5.74, 6) is 0.677. The quantitative estimate of drug-likeness (QED) is 0.356. The lowest BCUT2D eigenvalue weighted by molar-refractivity contribution is -0.122. The Hall–Kier alpha value is -3.10. The number of rotatable bonds is 8. The lowest BCUT2D eigenvalue weighted by Crippen LogP contribution is -2.49. The predicted octanol–water partition coefficient (Wildman–Crippen LogP) is 4.87. The van der Waals surface area contributed by atoms with Crippen LogP contribution in [0.1, 0.15) is 11.1 Å². The van der Waals surface area contributed by atoms with Gasteiger partial charge >= 0.3 is 0 Å². The van der Waals surface area contributed by atoms with Crippen molar-refractivity contribution in [2.45, 2.75) is 13.1 Å². The first-order chi connectivity index (χ1) is 17.5. The van der Waals surface area contributed by atoms with Gasteiger partial charge in [-0.1, -0.05) is 47.5 Å². The molecule has 0 radical (unpaired) electrons. The molecule has 0 unspecified atom stereocenters. The van der Waals surface area contributed by atoms with E-state index < -0.39 is 0 Å². The van der Waals surface area contributed by atoms with Gasteiger partial charge in [0.1, 0.15) is 5.69 Å². The van der Waals surface area contributed by atoms with Crippen LogP contribution in [0.2, 0.25) is 10.0 Å². The van der Waals surface area contributed by atoms with E-state index in [9.17, 15) is 4.79 Å². The molecule has 2 aromatic heterocycles. The molecule has 0 spiro atoms. The van der Waals surface area contributed by atoms with Crippen LogP contribution in [0.25, 0.3) is 17.1 Å². The number of nitrogens with zero attached hydrogens (tertiary/aromatic N) is 4. The van der Waals surface area contributed by atoms with E-state index >= 15 is 0 Å². The van der Waals surface area contributed by atoms with E-state index in [4.69, 9.17) is 27.6 Å². The number of hydrogen-bond acceptors (Lipinski definition) is 5. The topological polar surface area (TPSA) is 66.5 Å². The minimum absolute atomic E-state index is 0.00374. The molecule has 9 heteroatoms. The average Bonchev–Trinajstić information content (AvgIpc) is 3.57. The Labute approximate surface area is 220 Å². The van der Waals surface area contributed by atoms with Gasteiger partial charge in [-0.25, -0.2) is 4.68 Å². The van der Waals surface area contributed by atoms with Gasteiger partial charge in [-0.05, 0) is 42.0 Å². The number of hydrogen-bond donors (Lipinski definition) is 1. The number of carbonyl (C=O) groups excluding carboxylic acids is 1. The third-order valence-electron chi connectivity index (χ3n) is 6.23. The van der Waals surface area contributed by atoms with Gasteiger partial charge < -0.3 is 9.73 Å². The molecule has 1 aliphatic rings. The molecule has 0 aliphatic carbocycles. The van der Waals surface area contributed by atoms with Crippen LogP contribution in [0.15, 0.2) is 77.5 Å². The molecule has 3 heterocycles. The van der Waals surface area contributed by atoms with Crippen LogP contribution in [0, 0.1) is 0 Å². The fourth-order valence-electron chi connectivity index (χ4n) is 4.24. The van der Waals surface area contributed by atoms with Crippen LogP contribution in [-0.2, 0) is 17.9 Å². The van der Waals surface area contributed by atoms with Crippen molar-refractivity contribution in [1.29, 1.82) is 0 Å². The van der Waals surface area contributed by atoms with Crippen molar-refractivity contribution in [2.24, 2.45) is 0 Å². The summed E-state index contributed by atoms with van der Waals surface area (Å²) in [6, 6.07) is 19.5. The van der Waals surface area contributed by atoms with Crippen molar-refractivity contribution in [3.8, 4) is 17.1 Å². The second-order valence-electron chi connectivity index (χ2n) is 8.88. The second kappa shape index (κ2) is 11.3. The Balaban J connectivity index is 1.06. The van der Waals surface area contributed by atoms with Crippen molar-refractivity contribution in [1.82, 2.24) is 24.9 Å². The van der Waals surface area contributed by atoms with Crippen molar-refractivity contribution in [3.63, 3.8) is 0 Å². The maximum atomic E-state index is 12.5. The fraction of sp³-hybridized carbons (Fsp3) is 0.259. The summed E-state index contributed by atoms with van der Waals surface area (Å²) in [5, 5.41) is 8.74. The third-order valence-corrected chi connectivity index (χ3v) is 6.97. The first-order valence-electron chi connectivity index (χ1n) is 11.9. The Kier molecular flexibility index (Phi) is 7.72. The highest BCUT2D eigenvalue weighted by Gasteiger charge is 2.19. The highest BCUT2D eigenvalue weighted by atomic mass is 35.5. The molecule has 1 aliphatic heterocycles. The zero-order chi connectivity index (χ0) is 24.9. The Bertz CT molecular complexity index is 1310. The number of aromatic nitrogens is 2. The normalized spacial score (nSPS) is 14.7. The fourth-order valence-corrected chi connectivity index (χ4v) is 4.56. The van der Waals surface area contributed by atoms with E-state index in [0.29, 0.717) is 28.9 Å². The van der Waals surface area contributed by atoms with Crippen molar-refractivity contribution >= 4 is 29.1 Å². The molecule has 36 heavy (non-hydrogen) atoms. The second-order valence-corrected chi connectivity index (χ2v) is 9.69. The van der Waals surface area contributed by atoms with Crippen LogP contribution < -0.4 is 5.32 Å². The van der Waals surface area contributed by atoms with E-state index in [-0.39, 0.29) is 5.91 Å². The van der Waals surface area contributed by atoms with E-state index in [1.807, 2.05) is 71.5 Å². The minimum Gasteiger partial charge on any atom is -0.462 e. The molecule has 7 nitrogen and oxygen atoms in total. The summed E-state index contributed by atoms with van der Waals surface area (Å²) in [6.07, 6.45) is 3.57. The minimum atomic E-state index is 0.00374. The molecule has 2 aromatic carbocycles. The van der Waals surface area contributed by atoms with E-state index in [1.54, 1.807) is 6.26 Å². The van der Waals surface area contributed by atoms with Crippen LogP contribution in [0.5, 0.6) is 0 Å². The smallest absolute Gasteiger partial charge is 0.234 e. The molecule has 0 saturated carbocycles. The molecule has 4 aromatic rings. The maximum Gasteiger partial charge on any atom is 0.234 e. The summed E-state index contributed by atoms with van der Waals surface area (Å²) < 4.78 is 7.51. The van der Waals surface area contributed by atoms with Crippen molar-refractivity contribution < 1.29 is 9.21 Å². The standard InChI is InChI=1S/C27H27Cl2N5O2/c28-23-7-6-20(14-24(23)29)17-32-10-12-33(13-11-32)18-27(35)30-16-21-15-26(36-19-21)25-8-9-34(31-25)22-4-2-1-3-5-22/h1-9,14-15,19H,10-13,16-18H2,(H,30,35). The van der Waals surface area contributed by atoms with E-state index in [0.717, 1.165) is 55.2 Å². The Morgan fingerprint density at radius 2 is 1.69 bits per heavy atom. The molecular weight excluding hydrogens is 497 g/mol. The molecular formula is C27H27Cl2N5O2. The van der Waals surface area contributed by atoms with Gasteiger partial charge in [0.05, 0.1) is 28.5 Å². The van der Waals surface area contributed by atoms with Crippen LogP contribution in [-0.4, -0.2) is 58.2 Å². The van der Waals surface area contributed by atoms with E-state index in [2.05, 4.69) is 20.2 Å². The molecule has 186 valence electrons.